The summed E-state index contributed by atoms with van der Waals surface area (Å²) in [6.45, 7) is 2.04. The number of dihydropyridines is 1. The number of anilines is 2. The Bertz CT molecular complexity index is 2460. The molecule has 52 heavy (non-hydrogen) atoms. The lowest BCUT2D eigenvalue weighted by Gasteiger charge is -2.28. The molecule has 4 heterocycles. The van der Waals surface area contributed by atoms with Gasteiger partial charge in [-0.25, -0.2) is 4.98 Å². The van der Waals surface area contributed by atoms with Crippen LogP contribution >= 0.6 is 0 Å². The zero-order chi connectivity index (χ0) is 35.0. The fraction of sp³-hybridized carbons (Fsp3) is 0.0851. The third-order valence-corrected chi connectivity index (χ3v) is 10.4. The lowest BCUT2D eigenvalue weighted by Crippen LogP contribution is -2.31. The minimum atomic E-state index is 0.0789. The molecular weight excluding hydrogens is 635 g/mol. The fourth-order valence-electron chi connectivity index (χ4n) is 7.51. The van der Waals surface area contributed by atoms with Gasteiger partial charge in [0.25, 0.3) is 0 Å². The molecule has 252 valence electrons. The monoisotopic (exact) mass is 673 g/mol. The molecule has 0 fully saturated rings. The van der Waals surface area contributed by atoms with Gasteiger partial charge in [0.2, 0.25) is 0 Å². The van der Waals surface area contributed by atoms with Gasteiger partial charge in [-0.1, -0.05) is 140 Å². The van der Waals surface area contributed by atoms with Crippen molar-refractivity contribution in [2.45, 2.75) is 25.0 Å². The second kappa shape index (κ2) is 13.3. The first-order valence-corrected chi connectivity index (χ1v) is 17.9. The maximum absolute atomic E-state index is 5.70. The van der Waals surface area contributed by atoms with Crippen LogP contribution in [0.3, 0.4) is 0 Å². The van der Waals surface area contributed by atoms with Gasteiger partial charge in [-0.2, -0.15) is 0 Å². The summed E-state index contributed by atoms with van der Waals surface area (Å²) in [4.78, 5) is 5.20. The second-order valence-corrected chi connectivity index (χ2v) is 13.5. The van der Waals surface area contributed by atoms with Crippen LogP contribution in [0.15, 0.2) is 169 Å². The highest BCUT2D eigenvalue weighted by Crippen LogP contribution is 2.37. The number of pyridine rings is 1. The maximum Gasteiger partial charge on any atom is 0.0947 e. The summed E-state index contributed by atoms with van der Waals surface area (Å²) >= 11 is 0. The van der Waals surface area contributed by atoms with Crippen molar-refractivity contribution in [2.75, 3.05) is 10.6 Å². The molecule has 1 aliphatic carbocycles. The predicted molar refractivity (Wildman–Crippen MR) is 219 cm³/mol. The van der Waals surface area contributed by atoms with E-state index in [2.05, 4.69) is 174 Å². The van der Waals surface area contributed by atoms with Crippen LogP contribution in [-0.4, -0.2) is 17.1 Å². The van der Waals surface area contributed by atoms with Gasteiger partial charge in [-0.3, -0.25) is 0 Å². The van der Waals surface area contributed by atoms with Gasteiger partial charge in [0.1, 0.15) is 0 Å². The molecule has 5 nitrogen and oxygen atoms in total. The minimum absolute atomic E-state index is 0.0789. The summed E-state index contributed by atoms with van der Waals surface area (Å²) in [5.41, 5.74) is 21.5. The number of nitrogens with two attached hydrogens (primary N) is 1. The molecule has 4 aliphatic rings. The molecule has 9 rings (SSSR count). The number of nitrogens with zero attached hydrogens (tertiary/aromatic N) is 1. The molecule has 0 amide bonds. The third-order valence-electron chi connectivity index (χ3n) is 10.4. The van der Waals surface area contributed by atoms with E-state index >= 15 is 0 Å². The number of fused-ring (bicyclic) bond motifs is 5. The first-order valence-electron chi connectivity index (χ1n) is 17.9. The van der Waals surface area contributed by atoms with Crippen LogP contribution in [0.2, 0.25) is 0 Å². The largest absolute Gasteiger partial charge is 0.405 e. The summed E-state index contributed by atoms with van der Waals surface area (Å²) in [7, 11) is 0. The van der Waals surface area contributed by atoms with Crippen LogP contribution in [0.25, 0.3) is 45.6 Å². The van der Waals surface area contributed by atoms with E-state index in [1.165, 1.54) is 27.8 Å². The van der Waals surface area contributed by atoms with Gasteiger partial charge >= 0.3 is 0 Å². The zero-order valence-corrected chi connectivity index (χ0v) is 28.9. The maximum atomic E-state index is 5.70. The van der Waals surface area contributed by atoms with E-state index in [1.807, 2.05) is 13.0 Å². The molecule has 3 atom stereocenters. The third kappa shape index (κ3) is 5.86. The summed E-state index contributed by atoms with van der Waals surface area (Å²) in [5.74, 6) is 0. The van der Waals surface area contributed by atoms with E-state index in [0.717, 1.165) is 55.9 Å². The number of hydrogen-bond donors (Lipinski definition) is 4. The molecule has 0 saturated heterocycles. The fourth-order valence-corrected chi connectivity index (χ4v) is 7.51. The van der Waals surface area contributed by atoms with Crippen molar-refractivity contribution < 1.29 is 0 Å². The SMILES string of the molecule is C/C=C(\C=C/N)C1C=Cc2ccc(C3=CC=C4C=CC(c5ccc(-c6ccc7ccc8c(c7n6)NC(c6ccccc6)C=C8)cc5)=CC4N3)cc2N1. The van der Waals surface area contributed by atoms with Gasteiger partial charge in [-0.05, 0) is 81.9 Å². The lowest BCUT2D eigenvalue weighted by molar-refractivity contribution is 0.815. The molecule has 3 unspecified atom stereocenters. The van der Waals surface area contributed by atoms with E-state index < -0.39 is 0 Å². The number of nitrogens with one attached hydrogen (secondary N) is 3. The Morgan fingerprint density at radius 1 is 0.712 bits per heavy atom. The summed E-state index contributed by atoms with van der Waals surface area (Å²) in [5, 5.41) is 12.4. The van der Waals surface area contributed by atoms with Crippen molar-refractivity contribution in [3.8, 4) is 11.3 Å². The van der Waals surface area contributed by atoms with Crippen molar-refractivity contribution >= 4 is 45.7 Å². The highest BCUT2D eigenvalue weighted by molar-refractivity contribution is 5.97. The Balaban J connectivity index is 0.936. The topological polar surface area (TPSA) is 75.0 Å². The summed E-state index contributed by atoms with van der Waals surface area (Å²) in [6.07, 6.45) is 25.6. The van der Waals surface area contributed by atoms with Crippen molar-refractivity contribution in [1.82, 2.24) is 10.3 Å². The van der Waals surface area contributed by atoms with Crippen molar-refractivity contribution in [3.05, 3.63) is 197 Å². The number of hydrogen-bond acceptors (Lipinski definition) is 5. The lowest BCUT2D eigenvalue weighted by atomic mass is 9.90. The van der Waals surface area contributed by atoms with Crippen molar-refractivity contribution in [3.63, 3.8) is 0 Å². The van der Waals surface area contributed by atoms with Crippen LogP contribution in [0.5, 0.6) is 0 Å². The van der Waals surface area contributed by atoms with Crippen LogP contribution in [-0.2, 0) is 0 Å². The van der Waals surface area contributed by atoms with Gasteiger partial charge in [-0.15, -0.1) is 0 Å². The first-order chi connectivity index (χ1) is 25.6. The van der Waals surface area contributed by atoms with E-state index in [9.17, 15) is 0 Å². The normalized spacial score (nSPS) is 20.1. The summed E-state index contributed by atoms with van der Waals surface area (Å²) in [6, 6.07) is 34.8. The van der Waals surface area contributed by atoms with E-state index in [4.69, 9.17) is 10.7 Å². The molecule has 0 bridgehead atoms. The number of allylic oxidation sites excluding steroid dienone is 5. The molecule has 0 spiro atoms. The smallest absolute Gasteiger partial charge is 0.0947 e. The van der Waals surface area contributed by atoms with E-state index in [0.29, 0.717) is 0 Å². The molecular formula is C47H39N5. The Kier molecular flexibility index (Phi) is 8.01. The van der Waals surface area contributed by atoms with Crippen LogP contribution in [0, 0.1) is 0 Å². The molecule has 0 radical (unpaired) electrons. The Morgan fingerprint density at radius 3 is 2.35 bits per heavy atom. The van der Waals surface area contributed by atoms with Crippen molar-refractivity contribution in [1.29, 1.82) is 0 Å². The van der Waals surface area contributed by atoms with Crippen LogP contribution in [0.4, 0.5) is 11.4 Å². The van der Waals surface area contributed by atoms with Gasteiger partial charge in [0, 0.05) is 22.3 Å². The Hall–Kier alpha value is -6.59. The molecule has 1 aromatic heterocycles. The van der Waals surface area contributed by atoms with Gasteiger partial charge in [0.05, 0.1) is 35.0 Å². The highest BCUT2D eigenvalue weighted by atomic mass is 15.0. The second-order valence-electron chi connectivity index (χ2n) is 13.5. The average molecular weight is 674 g/mol. The Labute approximate surface area is 304 Å². The molecule has 4 aromatic carbocycles. The molecule has 0 saturated carbocycles. The minimum Gasteiger partial charge on any atom is -0.405 e. The average Bonchev–Trinajstić information content (AvgIpc) is 3.22. The van der Waals surface area contributed by atoms with Gasteiger partial charge < -0.3 is 21.7 Å². The Morgan fingerprint density at radius 2 is 1.50 bits per heavy atom. The quantitative estimate of drug-likeness (QED) is 0.135. The molecule has 5 N–H and O–H groups in total. The van der Waals surface area contributed by atoms with Crippen LogP contribution in [0.1, 0.15) is 40.8 Å². The molecule has 5 heteroatoms. The summed E-state index contributed by atoms with van der Waals surface area (Å²) < 4.78 is 0. The van der Waals surface area contributed by atoms with Crippen LogP contribution < -0.4 is 21.7 Å². The number of rotatable bonds is 6. The highest BCUT2D eigenvalue weighted by Gasteiger charge is 2.22. The number of benzene rings is 4. The first kappa shape index (κ1) is 31.4. The van der Waals surface area contributed by atoms with E-state index in [1.54, 1.807) is 6.20 Å². The standard InChI is InChI=1S/C47H39N5/c1-2-30(26-27-48)40-22-18-35-13-17-39(29-45(35)49-40)43-23-19-34-12-16-38(28-44(34)50-43)31-8-10-33(11-9-31)42-25-21-37-15-14-36-20-24-41(32-6-4-3-5-7-32)51-46(36)47(37)52-42/h2-29,40-41,44,49-51H,48H2,1H3/b27-26-,30-2+. The predicted octanol–water partition coefficient (Wildman–Crippen LogP) is 10.2. The number of aromatic nitrogens is 1. The molecule has 5 aromatic rings. The zero-order valence-electron chi connectivity index (χ0n) is 28.9. The molecule has 3 aliphatic heterocycles. The van der Waals surface area contributed by atoms with Gasteiger partial charge in [0.15, 0.2) is 0 Å². The van der Waals surface area contributed by atoms with E-state index in [-0.39, 0.29) is 18.1 Å². The van der Waals surface area contributed by atoms with Crippen molar-refractivity contribution in [2.24, 2.45) is 5.73 Å².